The summed E-state index contributed by atoms with van der Waals surface area (Å²) >= 11 is 0. The third kappa shape index (κ3) is 2.98. The summed E-state index contributed by atoms with van der Waals surface area (Å²) in [6, 6.07) is 4.63. The number of nitrogens with one attached hydrogen (secondary N) is 1. The van der Waals surface area contributed by atoms with Gasteiger partial charge in [-0.1, -0.05) is 6.07 Å². The second-order valence-corrected chi connectivity index (χ2v) is 7.73. The van der Waals surface area contributed by atoms with Gasteiger partial charge in [0.25, 0.3) is 0 Å². The number of rotatable bonds is 3. The Hall–Kier alpha value is -1.51. The van der Waals surface area contributed by atoms with Crippen molar-refractivity contribution >= 4 is 15.9 Å². The van der Waals surface area contributed by atoms with Crippen LogP contribution in [0.2, 0.25) is 0 Å². The first-order chi connectivity index (χ1) is 10.9. The minimum Gasteiger partial charge on any atom is -0.376 e. The van der Waals surface area contributed by atoms with Gasteiger partial charge in [-0.25, -0.2) is 12.8 Å². The van der Waals surface area contributed by atoms with E-state index in [4.69, 9.17) is 4.74 Å². The van der Waals surface area contributed by atoms with E-state index in [1.807, 2.05) is 0 Å². The van der Waals surface area contributed by atoms with Crippen LogP contribution >= 0.6 is 0 Å². The Morgan fingerprint density at radius 1 is 1.43 bits per heavy atom. The van der Waals surface area contributed by atoms with Gasteiger partial charge < -0.3 is 10.1 Å². The molecule has 6 nitrogen and oxygen atoms in total. The summed E-state index contributed by atoms with van der Waals surface area (Å²) in [5, 5.41) is 2.56. The van der Waals surface area contributed by atoms with Gasteiger partial charge in [0, 0.05) is 20.2 Å². The van der Waals surface area contributed by atoms with Gasteiger partial charge in [0.2, 0.25) is 15.9 Å². The number of halogens is 1. The standard InChI is InChI=1S/C15H19FN2O4S/c1-17-15(19)10-7-14-13(5-6-22-14)18(9-10)23(20,21)12-4-2-3-11(16)8-12/h2-4,8,10,13-14H,5-7,9H2,1H3,(H,17,19)/t10-,13+,14+/m0/s1. The summed E-state index contributed by atoms with van der Waals surface area (Å²) in [6.45, 7) is 0.550. The normalized spacial score (nSPS) is 28.3. The maximum absolute atomic E-state index is 13.4. The maximum Gasteiger partial charge on any atom is 0.243 e. The van der Waals surface area contributed by atoms with Crippen LogP contribution in [0.25, 0.3) is 0 Å². The van der Waals surface area contributed by atoms with Gasteiger partial charge in [0.15, 0.2) is 0 Å². The highest BCUT2D eigenvalue weighted by Crippen LogP contribution is 2.35. The summed E-state index contributed by atoms with van der Waals surface area (Å²) in [4.78, 5) is 11.9. The van der Waals surface area contributed by atoms with Crippen molar-refractivity contribution in [2.24, 2.45) is 5.92 Å². The van der Waals surface area contributed by atoms with Crippen molar-refractivity contribution in [1.29, 1.82) is 0 Å². The van der Waals surface area contributed by atoms with Crippen molar-refractivity contribution in [3.05, 3.63) is 30.1 Å². The molecule has 2 heterocycles. The highest BCUT2D eigenvalue weighted by Gasteiger charge is 2.47. The molecule has 0 spiro atoms. The fourth-order valence-corrected chi connectivity index (χ4v) is 5.09. The second kappa shape index (κ2) is 6.18. The lowest BCUT2D eigenvalue weighted by Gasteiger charge is -2.39. The van der Waals surface area contributed by atoms with Crippen LogP contribution < -0.4 is 5.32 Å². The third-order valence-electron chi connectivity index (χ3n) is 4.48. The molecule has 126 valence electrons. The van der Waals surface area contributed by atoms with Gasteiger partial charge >= 0.3 is 0 Å². The van der Waals surface area contributed by atoms with E-state index in [0.717, 1.165) is 6.07 Å². The molecule has 3 rings (SSSR count). The molecule has 2 fully saturated rings. The number of carbonyl (C=O) groups is 1. The average molecular weight is 342 g/mol. The minimum absolute atomic E-state index is 0.0864. The molecule has 1 aromatic rings. The van der Waals surface area contributed by atoms with E-state index >= 15 is 0 Å². The van der Waals surface area contributed by atoms with Crippen LogP contribution in [0, 0.1) is 11.7 Å². The molecule has 0 aliphatic carbocycles. The highest BCUT2D eigenvalue weighted by molar-refractivity contribution is 7.89. The lowest BCUT2D eigenvalue weighted by Crippen LogP contribution is -2.54. The molecule has 1 amide bonds. The Bertz CT molecular complexity index is 709. The Kier molecular flexibility index (Phi) is 4.39. The maximum atomic E-state index is 13.4. The van der Waals surface area contributed by atoms with Crippen molar-refractivity contribution in [3.63, 3.8) is 0 Å². The smallest absolute Gasteiger partial charge is 0.243 e. The number of fused-ring (bicyclic) bond motifs is 1. The topological polar surface area (TPSA) is 75.7 Å². The molecule has 1 aromatic carbocycles. The molecule has 23 heavy (non-hydrogen) atoms. The molecule has 2 aliphatic rings. The molecule has 2 saturated heterocycles. The number of hydrogen-bond acceptors (Lipinski definition) is 4. The molecule has 0 bridgehead atoms. The van der Waals surface area contributed by atoms with Gasteiger partial charge in [-0.3, -0.25) is 4.79 Å². The molecule has 0 aromatic heterocycles. The predicted molar refractivity (Wildman–Crippen MR) is 80.6 cm³/mol. The molecular weight excluding hydrogens is 323 g/mol. The lowest BCUT2D eigenvalue weighted by molar-refractivity contribution is -0.127. The number of nitrogens with zero attached hydrogens (tertiary/aromatic N) is 1. The van der Waals surface area contributed by atoms with Crippen LogP contribution in [-0.2, 0) is 19.6 Å². The first kappa shape index (κ1) is 16.4. The largest absolute Gasteiger partial charge is 0.376 e. The molecule has 0 radical (unpaired) electrons. The Morgan fingerprint density at radius 3 is 2.91 bits per heavy atom. The summed E-state index contributed by atoms with van der Waals surface area (Å²) in [5.41, 5.74) is 0. The van der Waals surface area contributed by atoms with E-state index in [1.54, 1.807) is 0 Å². The summed E-state index contributed by atoms with van der Waals surface area (Å²) in [6.07, 6.45) is 0.786. The fraction of sp³-hybridized carbons (Fsp3) is 0.533. The monoisotopic (exact) mass is 342 g/mol. The van der Waals surface area contributed by atoms with Gasteiger partial charge in [-0.15, -0.1) is 0 Å². The minimum atomic E-state index is -3.88. The average Bonchev–Trinajstić information content (AvgIpc) is 3.01. The van der Waals surface area contributed by atoms with Gasteiger partial charge in [-0.05, 0) is 31.0 Å². The van der Waals surface area contributed by atoms with Crippen LogP contribution in [0.1, 0.15) is 12.8 Å². The summed E-state index contributed by atoms with van der Waals surface area (Å²) in [7, 11) is -2.36. The quantitative estimate of drug-likeness (QED) is 0.879. The number of sulfonamides is 1. The molecule has 0 unspecified atom stereocenters. The SMILES string of the molecule is CNC(=O)[C@H]1C[C@H]2OCC[C@H]2N(S(=O)(=O)c2cccc(F)c2)C1. The van der Waals surface area contributed by atoms with Crippen LogP contribution in [0.5, 0.6) is 0 Å². The molecular formula is C15H19FN2O4S. The van der Waals surface area contributed by atoms with Gasteiger partial charge in [0.1, 0.15) is 5.82 Å². The van der Waals surface area contributed by atoms with Crippen LogP contribution in [0.15, 0.2) is 29.2 Å². The van der Waals surface area contributed by atoms with Crippen LogP contribution in [0.3, 0.4) is 0 Å². The first-order valence-electron chi connectivity index (χ1n) is 7.54. The van der Waals surface area contributed by atoms with Crippen LogP contribution in [0.4, 0.5) is 4.39 Å². The van der Waals surface area contributed by atoms with Crippen LogP contribution in [-0.4, -0.2) is 51.0 Å². The van der Waals surface area contributed by atoms with Gasteiger partial charge in [0.05, 0.1) is 23.0 Å². The zero-order chi connectivity index (χ0) is 16.6. The first-order valence-corrected chi connectivity index (χ1v) is 8.98. The predicted octanol–water partition coefficient (Wildman–Crippen LogP) is 0.740. The van der Waals surface area contributed by atoms with Crippen molar-refractivity contribution < 1.29 is 22.3 Å². The van der Waals surface area contributed by atoms with E-state index in [-0.39, 0.29) is 29.5 Å². The summed E-state index contributed by atoms with van der Waals surface area (Å²) < 4.78 is 46.2. The third-order valence-corrected chi connectivity index (χ3v) is 6.37. The number of piperidine rings is 1. The van der Waals surface area contributed by atoms with Crippen molar-refractivity contribution in [2.45, 2.75) is 29.9 Å². The number of benzene rings is 1. The van der Waals surface area contributed by atoms with E-state index in [0.29, 0.717) is 19.4 Å². The summed E-state index contributed by atoms with van der Waals surface area (Å²) in [5.74, 6) is -1.29. The van der Waals surface area contributed by atoms with E-state index in [1.165, 1.54) is 29.6 Å². The molecule has 8 heteroatoms. The number of amides is 1. The van der Waals surface area contributed by atoms with Crippen molar-refractivity contribution in [1.82, 2.24) is 9.62 Å². The highest BCUT2D eigenvalue weighted by atomic mass is 32.2. The van der Waals surface area contributed by atoms with Crippen molar-refractivity contribution in [3.8, 4) is 0 Å². The Labute approximate surface area is 134 Å². The molecule has 3 atom stereocenters. The zero-order valence-corrected chi connectivity index (χ0v) is 13.6. The molecule has 2 aliphatic heterocycles. The van der Waals surface area contributed by atoms with E-state index in [2.05, 4.69) is 5.32 Å². The van der Waals surface area contributed by atoms with Crippen molar-refractivity contribution in [2.75, 3.05) is 20.2 Å². The zero-order valence-electron chi connectivity index (χ0n) is 12.7. The number of ether oxygens (including phenoxy) is 1. The van der Waals surface area contributed by atoms with E-state index < -0.39 is 21.8 Å². The van der Waals surface area contributed by atoms with Gasteiger partial charge in [-0.2, -0.15) is 4.31 Å². The Balaban J connectivity index is 1.96. The Morgan fingerprint density at radius 2 is 2.22 bits per heavy atom. The van der Waals surface area contributed by atoms with E-state index in [9.17, 15) is 17.6 Å². The number of carbonyl (C=O) groups excluding carboxylic acids is 1. The fourth-order valence-electron chi connectivity index (χ4n) is 3.33. The molecule has 0 saturated carbocycles. The number of hydrogen-bond donors (Lipinski definition) is 1. The lowest BCUT2D eigenvalue weighted by atomic mass is 9.91. The molecule has 1 N–H and O–H groups in total. The second-order valence-electron chi connectivity index (χ2n) is 5.84.